The van der Waals surface area contributed by atoms with Crippen molar-refractivity contribution in [1.29, 1.82) is 0 Å². The molecule has 0 radical (unpaired) electrons. The van der Waals surface area contributed by atoms with E-state index in [0.29, 0.717) is 0 Å². The first kappa shape index (κ1) is 18.3. The molecule has 3 aromatic carbocycles. The van der Waals surface area contributed by atoms with Crippen LogP contribution in [-0.4, -0.2) is 18.2 Å². The standard InChI is InChI=1S/C22H20N2O3S/c1-16(2)21-15-22(24(23-21)19-10-4-3-5-11-19)27-28(25,26)20-13-12-17-8-6-7-9-18(17)14-20/h3-16H,1-2H3. The SMILES string of the molecule is CC(C)c1cc(OS(=O)(=O)c2ccc3ccccc3c2)n(-c2ccccc2)n1. The number of nitrogens with zero attached hydrogens (tertiary/aromatic N) is 2. The molecule has 28 heavy (non-hydrogen) atoms. The van der Waals surface area contributed by atoms with Crippen LogP contribution in [0.2, 0.25) is 0 Å². The number of rotatable bonds is 5. The van der Waals surface area contributed by atoms with Crippen molar-refractivity contribution in [3.63, 3.8) is 0 Å². The van der Waals surface area contributed by atoms with Crippen LogP contribution in [0.1, 0.15) is 25.5 Å². The second-order valence-electron chi connectivity index (χ2n) is 6.86. The number of fused-ring (bicyclic) bond motifs is 1. The van der Waals surface area contributed by atoms with Crippen LogP contribution >= 0.6 is 0 Å². The average Bonchev–Trinajstić information content (AvgIpc) is 3.12. The summed E-state index contributed by atoms with van der Waals surface area (Å²) in [5.41, 5.74) is 1.49. The van der Waals surface area contributed by atoms with E-state index in [0.717, 1.165) is 22.2 Å². The van der Waals surface area contributed by atoms with Gasteiger partial charge in [0.1, 0.15) is 4.90 Å². The molecule has 0 saturated carbocycles. The highest BCUT2D eigenvalue weighted by Crippen LogP contribution is 2.27. The fraction of sp³-hybridized carbons (Fsp3) is 0.136. The van der Waals surface area contributed by atoms with Crippen molar-refractivity contribution in [3.8, 4) is 11.6 Å². The Hall–Kier alpha value is -3.12. The Morgan fingerprint density at radius 1 is 0.857 bits per heavy atom. The summed E-state index contributed by atoms with van der Waals surface area (Å²) >= 11 is 0. The van der Waals surface area contributed by atoms with Crippen LogP contribution in [0.15, 0.2) is 83.8 Å². The molecule has 0 fully saturated rings. The smallest absolute Gasteiger partial charge is 0.340 e. The Balaban J connectivity index is 1.76. The molecule has 1 heterocycles. The molecular formula is C22H20N2O3S. The quantitative estimate of drug-likeness (QED) is 0.453. The first-order valence-corrected chi connectivity index (χ1v) is 10.4. The van der Waals surface area contributed by atoms with E-state index in [1.165, 1.54) is 4.68 Å². The summed E-state index contributed by atoms with van der Waals surface area (Å²) in [6, 6.07) is 23.6. The Kier molecular flexibility index (Phi) is 4.65. The summed E-state index contributed by atoms with van der Waals surface area (Å²) < 4.78 is 32.9. The lowest BCUT2D eigenvalue weighted by atomic mass is 10.1. The molecule has 5 nitrogen and oxygen atoms in total. The van der Waals surface area contributed by atoms with Gasteiger partial charge in [0.05, 0.1) is 11.4 Å². The first-order chi connectivity index (χ1) is 13.4. The van der Waals surface area contributed by atoms with Crippen LogP contribution in [0.25, 0.3) is 16.5 Å². The zero-order valence-corrected chi connectivity index (χ0v) is 16.4. The molecule has 0 bridgehead atoms. The Morgan fingerprint density at radius 3 is 2.25 bits per heavy atom. The molecule has 0 aliphatic carbocycles. The van der Waals surface area contributed by atoms with Crippen LogP contribution < -0.4 is 4.18 Å². The highest BCUT2D eigenvalue weighted by atomic mass is 32.2. The number of hydrogen-bond donors (Lipinski definition) is 0. The van der Waals surface area contributed by atoms with Crippen LogP contribution in [0.4, 0.5) is 0 Å². The van der Waals surface area contributed by atoms with Crippen LogP contribution in [0, 0.1) is 0 Å². The van der Waals surface area contributed by atoms with Crippen molar-refractivity contribution in [2.75, 3.05) is 0 Å². The molecule has 6 heteroatoms. The monoisotopic (exact) mass is 392 g/mol. The van der Waals surface area contributed by atoms with Crippen molar-refractivity contribution >= 4 is 20.9 Å². The molecule has 4 rings (SSSR count). The molecule has 0 aliphatic heterocycles. The van der Waals surface area contributed by atoms with Gasteiger partial charge in [-0.05, 0) is 41.0 Å². The summed E-state index contributed by atoms with van der Waals surface area (Å²) in [5.74, 6) is 0.304. The number of para-hydroxylation sites is 1. The Labute approximate surface area is 164 Å². The van der Waals surface area contributed by atoms with E-state index in [4.69, 9.17) is 4.18 Å². The topological polar surface area (TPSA) is 61.2 Å². The van der Waals surface area contributed by atoms with Gasteiger partial charge < -0.3 is 4.18 Å². The van der Waals surface area contributed by atoms with E-state index >= 15 is 0 Å². The van der Waals surface area contributed by atoms with Gasteiger partial charge in [-0.3, -0.25) is 0 Å². The van der Waals surface area contributed by atoms with E-state index in [1.807, 2.05) is 68.4 Å². The molecule has 4 aromatic rings. The normalized spacial score (nSPS) is 11.8. The summed E-state index contributed by atoms with van der Waals surface area (Å²) in [4.78, 5) is 0.109. The maximum atomic E-state index is 12.9. The summed E-state index contributed by atoms with van der Waals surface area (Å²) in [6.45, 7) is 4.00. The van der Waals surface area contributed by atoms with E-state index in [9.17, 15) is 8.42 Å². The van der Waals surface area contributed by atoms with Gasteiger partial charge in [0.15, 0.2) is 0 Å². The van der Waals surface area contributed by atoms with Crippen LogP contribution in [-0.2, 0) is 10.1 Å². The van der Waals surface area contributed by atoms with E-state index < -0.39 is 10.1 Å². The van der Waals surface area contributed by atoms with Crippen molar-refractivity contribution in [2.24, 2.45) is 0 Å². The van der Waals surface area contributed by atoms with Crippen molar-refractivity contribution in [2.45, 2.75) is 24.7 Å². The maximum Gasteiger partial charge on any atom is 0.340 e. The van der Waals surface area contributed by atoms with Crippen LogP contribution in [0.5, 0.6) is 5.88 Å². The van der Waals surface area contributed by atoms with Crippen molar-refractivity contribution in [1.82, 2.24) is 9.78 Å². The highest BCUT2D eigenvalue weighted by molar-refractivity contribution is 7.87. The van der Waals surface area contributed by atoms with Gasteiger partial charge in [-0.2, -0.15) is 18.2 Å². The lowest BCUT2D eigenvalue weighted by Crippen LogP contribution is -2.12. The predicted octanol–water partition coefficient (Wildman–Crippen LogP) is 4.92. The molecule has 142 valence electrons. The Bertz CT molecular complexity index is 1230. The minimum atomic E-state index is -4.01. The molecule has 0 amide bonds. The summed E-state index contributed by atoms with van der Waals surface area (Å²) in [6.07, 6.45) is 0. The van der Waals surface area contributed by atoms with Gasteiger partial charge in [0, 0.05) is 6.07 Å². The van der Waals surface area contributed by atoms with E-state index in [2.05, 4.69) is 5.10 Å². The van der Waals surface area contributed by atoms with Crippen molar-refractivity contribution < 1.29 is 12.6 Å². The molecule has 0 saturated heterocycles. The second-order valence-corrected chi connectivity index (χ2v) is 8.40. The van der Waals surface area contributed by atoms with Gasteiger partial charge in [-0.1, -0.05) is 62.4 Å². The number of benzene rings is 3. The highest BCUT2D eigenvalue weighted by Gasteiger charge is 2.22. The van der Waals surface area contributed by atoms with Gasteiger partial charge in [0.2, 0.25) is 5.88 Å². The fourth-order valence-electron chi connectivity index (χ4n) is 2.96. The molecule has 0 N–H and O–H groups in total. The third kappa shape index (κ3) is 3.51. The lowest BCUT2D eigenvalue weighted by Gasteiger charge is -2.10. The summed E-state index contributed by atoms with van der Waals surface area (Å²) in [5, 5.41) is 6.34. The molecule has 1 aromatic heterocycles. The molecule has 0 unspecified atom stereocenters. The van der Waals surface area contributed by atoms with Gasteiger partial charge >= 0.3 is 10.1 Å². The van der Waals surface area contributed by atoms with Gasteiger partial charge in [-0.15, -0.1) is 0 Å². The van der Waals surface area contributed by atoms with E-state index in [1.54, 1.807) is 24.3 Å². The van der Waals surface area contributed by atoms with Gasteiger partial charge in [-0.25, -0.2) is 0 Å². The van der Waals surface area contributed by atoms with Crippen LogP contribution in [0.3, 0.4) is 0 Å². The number of hydrogen-bond acceptors (Lipinski definition) is 4. The minimum Gasteiger partial charge on any atom is -0.358 e. The molecule has 0 spiro atoms. The molecular weight excluding hydrogens is 372 g/mol. The van der Waals surface area contributed by atoms with E-state index in [-0.39, 0.29) is 16.7 Å². The Morgan fingerprint density at radius 2 is 1.54 bits per heavy atom. The molecule has 0 atom stereocenters. The van der Waals surface area contributed by atoms with Crippen molar-refractivity contribution in [3.05, 3.63) is 84.6 Å². The second kappa shape index (κ2) is 7.13. The lowest BCUT2D eigenvalue weighted by molar-refractivity contribution is 0.465. The number of aromatic nitrogens is 2. The predicted molar refractivity (Wildman–Crippen MR) is 109 cm³/mol. The minimum absolute atomic E-state index is 0.109. The zero-order chi connectivity index (χ0) is 19.7. The third-order valence-electron chi connectivity index (χ3n) is 4.49. The molecule has 0 aliphatic rings. The third-order valence-corrected chi connectivity index (χ3v) is 5.71. The fourth-order valence-corrected chi connectivity index (χ4v) is 3.91. The maximum absolute atomic E-state index is 12.9. The largest absolute Gasteiger partial charge is 0.358 e. The summed E-state index contributed by atoms with van der Waals surface area (Å²) in [7, 11) is -4.01. The zero-order valence-electron chi connectivity index (χ0n) is 15.6. The van der Waals surface area contributed by atoms with Gasteiger partial charge in [0.25, 0.3) is 0 Å². The first-order valence-electron chi connectivity index (χ1n) is 9.03. The average molecular weight is 392 g/mol.